The second kappa shape index (κ2) is 16.9. The molecule has 5 heteroatoms. The van der Waals surface area contributed by atoms with Crippen LogP contribution < -0.4 is 0 Å². The SMILES string of the molecule is CC/C(O)=C(\CCCC/C=C\C/C=C\CCCCCCC=O)[N+](=O)[O-]. The topological polar surface area (TPSA) is 80.4 Å². The Hall–Kier alpha value is -1.91. The van der Waals surface area contributed by atoms with Gasteiger partial charge in [0.25, 0.3) is 5.70 Å². The smallest absolute Gasteiger partial charge is 0.283 e. The average Bonchev–Trinajstić information content (AvgIpc) is 2.60. The number of nitrogens with zero attached hydrogens (tertiary/aromatic N) is 1. The predicted molar refractivity (Wildman–Crippen MR) is 102 cm³/mol. The van der Waals surface area contributed by atoms with E-state index in [0.29, 0.717) is 25.7 Å². The molecule has 0 saturated heterocycles. The molecule has 5 nitrogen and oxygen atoms in total. The number of carbonyl (C=O) groups is 1. The van der Waals surface area contributed by atoms with E-state index in [1.165, 1.54) is 12.8 Å². The average molecular weight is 351 g/mol. The van der Waals surface area contributed by atoms with Gasteiger partial charge in [0, 0.05) is 19.3 Å². The molecule has 0 bridgehead atoms. The van der Waals surface area contributed by atoms with Crippen molar-refractivity contribution in [1.82, 2.24) is 0 Å². The molecule has 0 spiro atoms. The van der Waals surface area contributed by atoms with Crippen molar-refractivity contribution < 1.29 is 14.8 Å². The van der Waals surface area contributed by atoms with E-state index in [-0.39, 0.29) is 11.5 Å². The minimum Gasteiger partial charge on any atom is -0.506 e. The van der Waals surface area contributed by atoms with Gasteiger partial charge < -0.3 is 9.90 Å². The maximum Gasteiger partial charge on any atom is 0.283 e. The zero-order valence-electron chi connectivity index (χ0n) is 15.5. The quantitative estimate of drug-likeness (QED) is 0.0917. The van der Waals surface area contributed by atoms with Crippen molar-refractivity contribution in [2.24, 2.45) is 0 Å². The molecule has 0 aliphatic carbocycles. The number of hydrogen-bond acceptors (Lipinski definition) is 4. The van der Waals surface area contributed by atoms with E-state index in [9.17, 15) is 20.0 Å². The van der Waals surface area contributed by atoms with Crippen LogP contribution in [-0.4, -0.2) is 16.3 Å². The summed E-state index contributed by atoms with van der Waals surface area (Å²) < 4.78 is 0. The van der Waals surface area contributed by atoms with Crippen molar-refractivity contribution in [2.75, 3.05) is 0 Å². The first-order valence-corrected chi connectivity index (χ1v) is 9.42. The Kier molecular flexibility index (Phi) is 15.6. The first-order chi connectivity index (χ1) is 12.1. The van der Waals surface area contributed by atoms with E-state index < -0.39 is 4.92 Å². The molecule has 142 valence electrons. The third kappa shape index (κ3) is 14.2. The lowest BCUT2D eigenvalue weighted by molar-refractivity contribution is -0.431. The molecule has 25 heavy (non-hydrogen) atoms. The molecule has 0 aromatic heterocycles. The van der Waals surface area contributed by atoms with Crippen molar-refractivity contribution in [1.29, 1.82) is 0 Å². The fourth-order valence-corrected chi connectivity index (χ4v) is 2.45. The molecule has 0 aromatic carbocycles. The Bertz CT molecular complexity index is 453. The van der Waals surface area contributed by atoms with E-state index >= 15 is 0 Å². The summed E-state index contributed by atoms with van der Waals surface area (Å²) in [5.41, 5.74) is -0.0411. The van der Waals surface area contributed by atoms with Crippen LogP contribution >= 0.6 is 0 Å². The Morgan fingerprint density at radius 2 is 1.48 bits per heavy atom. The Morgan fingerprint density at radius 3 is 2.00 bits per heavy atom. The minimum absolute atomic E-state index is 0.0411. The maximum absolute atomic E-state index is 10.8. The van der Waals surface area contributed by atoms with Crippen LogP contribution in [0.2, 0.25) is 0 Å². The molecule has 0 radical (unpaired) electrons. The minimum atomic E-state index is -0.470. The molecule has 0 fully saturated rings. The van der Waals surface area contributed by atoms with Crippen molar-refractivity contribution >= 4 is 6.29 Å². The summed E-state index contributed by atoms with van der Waals surface area (Å²) in [4.78, 5) is 20.5. The van der Waals surface area contributed by atoms with Gasteiger partial charge in [-0.05, 0) is 44.9 Å². The second-order valence-corrected chi connectivity index (χ2v) is 6.09. The number of aliphatic hydroxyl groups is 1. The summed E-state index contributed by atoms with van der Waals surface area (Å²) in [5.74, 6) is -0.102. The van der Waals surface area contributed by atoms with Crippen LogP contribution in [0.4, 0.5) is 0 Å². The van der Waals surface area contributed by atoms with Crippen LogP contribution in [0, 0.1) is 10.1 Å². The van der Waals surface area contributed by atoms with Crippen LogP contribution in [0.5, 0.6) is 0 Å². The summed E-state index contributed by atoms with van der Waals surface area (Å²) in [6.07, 6.45) is 19.9. The number of aldehydes is 1. The number of unbranched alkanes of at least 4 members (excludes halogenated alkanes) is 7. The van der Waals surface area contributed by atoms with E-state index in [1.54, 1.807) is 6.92 Å². The van der Waals surface area contributed by atoms with Gasteiger partial charge in [-0.25, -0.2) is 0 Å². The summed E-state index contributed by atoms with van der Waals surface area (Å²) >= 11 is 0. The van der Waals surface area contributed by atoms with Gasteiger partial charge in [-0.3, -0.25) is 10.1 Å². The summed E-state index contributed by atoms with van der Waals surface area (Å²) in [5, 5.41) is 20.3. The van der Waals surface area contributed by atoms with Gasteiger partial charge in [-0.15, -0.1) is 0 Å². The first kappa shape index (κ1) is 23.1. The highest BCUT2D eigenvalue weighted by atomic mass is 16.6. The number of rotatable bonds is 16. The van der Waals surface area contributed by atoms with Gasteiger partial charge in [-0.1, -0.05) is 44.1 Å². The fraction of sp³-hybridized carbons (Fsp3) is 0.650. The van der Waals surface area contributed by atoms with Gasteiger partial charge in [0.15, 0.2) is 5.76 Å². The lowest BCUT2D eigenvalue weighted by Crippen LogP contribution is -2.03. The maximum atomic E-state index is 10.8. The second-order valence-electron chi connectivity index (χ2n) is 6.09. The van der Waals surface area contributed by atoms with Gasteiger partial charge in [0.1, 0.15) is 6.29 Å². The number of carbonyl (C=O) groups excluding carboxylic acids is 1. The first-order valence-electron chi connectivity index (χ1n) is 9.42. The normalized spacial score (nSPS) is 12.7. The molecular weight excluding hydrogens is 318 g/mol. The van der Waals surface area contributed by atoms with Crippen LogP contribution in [-0.2, 0) is 4.79 Å². The molecule has 0 aliphatic heterocycles. The van der Waals surface area contributed by atoms with Crippen molar-refractivity contribution in [3.63, 3.8) is 0 Å². The lowest BCUT2D eigenvalue weighted by Gasteiger charge is -2.01. The Labute approximate surface area is 151 Å². The zero-order valence-corrected chi connectivity index (χ0v) is 15.5. The molecular formula is C20H33NO4. The number of nitro groups is 1. The molecule has 0 amide bonds. The van der Waals surface area contributed by atoms with Crippen molar-refractivity contribution in [3.8, 4) is 0 Å². The summed E-state index contributed by atoms with van der Waals surface area (Å²) in [6.45, 7) is 1.71. The highest BCUT2D eigenvalue weighted by molar-refractivity contribution is 5.48. The van der Waals surface area contributed by atoms with Crippen LogP contribution in [0.3, 0.4) is 0 Å². The van der Waals surface area contributed by atoms with E-state index in [1.807, 2.05) is 0 Å². The predicted octanol–water partition coefficient (Wildman–Crippen LogP) is 6.05. The van der Waals surface area contributed by atoms with Crippen molar-refractivity contribution in [2.45, 2.75) is 84.0 Å². The fourth-order valence-electron chi connectivity index (χ4n) is 2.45. The number of allylic oxidation sites excluding steroid dienone is 6. The highest BCUT2D eigenvalue weighted by Crippen LogP contribution is 2.15. The monoisotopic (exact) mass is 351 g/mol. The van der Waals surface area contributed by atoms with Gasteiger partial charge >= 0.3 is 0 Å². The molecule has 0 aliphatic rings. The largest absolute Gasteiger partial charge is 0.506 e. The molecule has 0 rings (SSSR count). The number of hydrogen-bond donors (Lipinski definition) is 1. The molecule has 0 atom stereocenters. The van der Waals surface area contributed by atoms with Gasteiger partial charge in [-0.2, -0.15) is 0 Å². The van der Waals surface area contributed by atoms with Crippen LogP contribution in [0.15, 0.2) is 35.8 Å². The Balaban J connectivity index is 3.62. The highest BCUT2D eigenvalue weighted by Gasteiger charge is 2.15. The van der Waals surface area contributed by atoms with Crippen LogP contribution in [0.1, 0.15) is 84.0 Å². The van der Waals surface area contributed by atoms with E-state index in [0.717, 1.165) is 44.8 Å². The summed E-state index contributed by atoms with van der Waals surface area (Å²) in [6, 6.07) is 0. The molecule has 1 N–H and O–H groups in total. The summed E-state index contributed by atoms with van der Waals surface area (Å²) in [7, 11) is 0. The van der Waals surface area contributed by atoms with Crippen molar-refractivity contribution in [3.05, 3.63) is 45.9 Å². The third-order valence-electron chi connectivity index (χ3n) is 3.97. The molecule has 0 saturated carbocycles. The van der Waals surface area contributed by atoms with Gasteiger partial charge in [0.2, 0.25) is 0 Å². The molecule has 0 heterocycles. The van der Waals surface area contributed by atoms with E-state index in [2.05, 4.69) is 24.3 Å². The zero-order chi connectivity index (χ0) is 18.8. The van der Waals surface area contributed by atoms with E-state index in [4.69, 9.17) is 0 Å². The van der Waals surface area contributed by atoms with Crippen LogP contribution in [0.25, 0.3) is 0 Å². The number of aliphatic hydroxyl groups excluding tert-OH is 1. The third-order valence-corrected chi connectivity index (χ3v) is 3.97. The molecule has 0 aromatic rings. The Morgan fingerprint density at radius 1 is 0.920 bits per heavy atom. The molecule has 0 unspecified atom stereocenters. The van der Waals surface area contributed by atoms with Gasteiger partial charge in [0.05, 0.1) is 4.92 Å². The standard InChI is InChI=1S/C20H33NO4/c1-2-20(23)19(21(24)25)17-15-13-11-9-7-5-3-4-6-8-10-12-14-16-18-22/h3-4,7,9,18,23H,2,5-6,8,10-17H2,1H3/b4-3-,9-7-,20-19-. The lowest BCUT2D eigenvalue weighted by atomic mass is 10.1.